The van der Waals surface area contributed by atoms with Gasteiger partial charge in [0.2, 0.25) is 5.91 Å². The van der Waals surface area contributed by atoms with Crippen LogP contribution in [0.3, 0.4) is 0 Å². The highest BCUT2D eigenvalue weighted by molar-refractivity contribution is 7.98. The lowest BCUT2D eigenvalue weighted by Gasteiger charge is -2.14. The lowest BCUT2D eigenvalue weighted by atomic mass is 10.2. The number of amides is 1. The molecule has 0 aliphatic carbocycles. The van der Waals surface area contributed by atoms with Crippen LogP contribution in [0, 0.1) is 11.6 Å². The second kappa shape index (κ2) is 9.17. The SMILES string of the molecule is CCN(C(C)=O)c1nc(CSc2nc3ccccc3c(=O)n2-c2ccc(F)cc2F)cs1. The van der Waals surface area contributed by atoms with Crippen molar-refractivity contribution in [2.75, 3.05) is 11.4 Å². The number of rotatable bonds is 6. The van der Waals surface area contributed by atoms with Gasteiger partial charge in [0.1, 0.15) is 11.6 Å². The zero-order valence-corrected chi connectivity index (χ0v) is 18.8. The minimum atomic E-state index is -0.859. The first kappa shape index (κ1) is 22.1. The molecule has 0 unspecified atom stereocenters. The van der Waals surface area contributed by atoms with Gasteiger partial charge in [0.25, 0.3) is 5.56 Å². The van der Waals surface area contributed by atoms with E-state index in [1.807, 2.05) is 12.3 Å². The maximum Gasteiger partial charge on any atom is 0.266 e. The van der Waals surface area contributed by atoms with Gasteiger partial charge >= 0.3 is 0 Å². The zero-order valence-electron chi connectivity index (χ0n) is 17.2. The Kier molecular flexibility index (Phi) is 6.33. The molecular formula is C22H18F2N4O2S2. The van der Waals surface area contributed by atoms with Crippen LogP contribution in [0.2, 0.25) is 0 Å². The number of benzene rings is 2. The van der Waals surface area contributed by atoms with E-state index in [-0.39, 0.29) is 16.8 Å². The number of halogens is 2. The number of hydrogen-bond acceptors (Lipinski definition) is 6. The Morgan fingerprint density at radius 1 is 1.19 bits per heavy atom. The molecule has 2 aromatic carbocycles. The van der Waals surface area contributed by atoms with Crippen molar-refractivity contribution in [2.45, 2.75) is 24.8 Å². The van der Waals surface area contributed by atoms with Gasteiger partial charge in [0.05, 0.1) is 22.3 Å². The number of carbonyl (C=O) groups is 1. The maximum absolute atomic E-state index is 14.6. The van der Waals surface area contributed by atoms with Crippen molar-refractivity contribution < 1.29 is 13.6 Å². The summed E-state index contributed by atoms with van der Waals surface area (Å²) in [6.07, 6.45) is 0. The number of hydrogen-bond donors (Lipinski definition) is 0. The Morgan fingerprint density at radius 3 is 2.69 bits per heavy atom. The van der Waals surface area contributed by atoms with Gasteiger partial charge in [0.15, 0.2) is 10.3 Å². The molecule has 32 heavy (non-hydrogen) atoms. The van der Waals surface area contributed by atoms with Crippen LogP contribution >= 0.6 is 23.1 Å². The van der Waals surface area contributed by atoms with Crippen LogP contribution in [-0.4, -0.2) is 27.0 Å². The predicted molar refractivity (Wildman–Crippen MR) is 123 cm³/mol. The Labute approximate surface area is 190 Å². The van der Waals surface area contributed by atoms with Crippen LogP contribution in [0.15, 0.2) is 57.8 Å². The van der Waals surface area contributed by atoms with Crippen molar-refractivity contribution in [1.82, 2.24) is 14.5 Å². The fourth-order valence-corrected chi connectivity index (χ4v) is 5.14. The molecule has 4 rings (SSSR count). The van der Waals surface area contributed by atoms with Gasteiger partial charge in [0, 0.05) is 30.7 Å². The molecule has 0 saturated heterocycles. The van der Waals surface area contributed by atoms with Gasteiger partial charge in [-0.25, -0.2) is 18.7 Å². The van der Waals surface area contributed by atoms with Crippen LogP contribution < -0.4 is 10.5 Å². The van der Waals surface area contributed by atoms with Crippen molar-refractivity contribution in [1.29, 1.82) is 0 Å². The van der Waals surface area contributed by atoms with Crippen LogP contribution in [0.1, 0.15) is 19.5 Å². The van der Waals surface area contributed by atoms with Gasteiger partial charge in [-0.3, -0.25) is 19.1 Å². The molecule has 0 saturated carbocycles. The summed E-state index contributed by atoms with van der Waals surface area (Å²) in [5.74, 6) is -1.34. The van der Waals surface area contributed by atoms with Crippen molar-refractivity contribution in [2.24, 2.45) is 0 Å². The van der Waals surface area contributed by atoms with Crippen LogP contribution in [0.4, 0.5) is 13.9 Å². The number of carbonyl (C=O) groups excluding carboxylic acids is 1. The number of thioether (sulfide) groups is 1. The topological polar surface area (TPSA) is 68.1 Å². The summed E-state index contributed by atoms with van der Waals surface area (Å²) in [4.78, 5) is 35.6. The highest BCUT2D eigenvalue weighted by Gasteiger charge is 2.18. The quantitative estimate of drug-likeness (QED) is 0.298. The molecule has 6 nitrogen and oxygen atoms in total. The summed E-state index contributed by atoms with van der Waals surface area (Å²) in [7, 11) is 0. The van der Waals surface area contributed by atoms with Gasteiger partial charge < -0.3 is 0 Å². The van der Waals surface area contributed by atoms with E-state index < -0.39 is 17.2 Å². The first-order valence-corrected chi connectivity index (χ1v) is 11.6. The van der Waals surface area contributed by atoms with Gasteiger partial charge in [-0.15, -0.1) is 11.3 Å². The summed E-state index contributed by atoms with van der Waals surface area (Å²) >= 11 is 2.56. The van der Waals surface area contributed by atoms with E-state index in [0.717, 1.165) is 16.7 Å². The van der Waals surface area contributed by atoms with Crippen LogP contribution in [0.5, 0.6) is 0 Å². The monoisotopic (exact) mass is 472 g/mol. The van der Waals surface area contributed by atoms with Crippen molar-refractivity contribution >= 4 is 45.0 Å². The number of fused-ring (bicyclic) bond motifs is 1. The number of para-hydroxylation sites is 1. The van der Waals surface area contributed by atoms with E-state index in [4.69, 9.17) is 0 Å². The molecule has 4 aromatic rings. The second-order valence-electron chi connectivity index (χ2n) is 6.82. The Morgan fingerprint density at radius 2 is 1.97 bits per heavy atom. The molecule has 0 atom stereocenters. The Bertz CT molecular complexity index is 1370. The maximum atomic E-state index is 14.6. The summed E-state index contributed by atoms with van der Waals surface area (Å²) in [6.45, 7) is 3.85. The number of aromatic nitrogens is 3. The Hall–Kier alpha value is -3.11. The van der Waals surface area contributed by atoms with Gasteiger partial charge in [-0.2, -0.15) is 0 Å². The number of anilines is 1. The van der Waals surface area contributed by atoms with E-state index in [1.165, 1.54) is 36.1 Å². The Balaban J connectivity index is 1.75. The molecular weight excluding hydrogens is 454 g/mol. The second-order valence-corrected chi connectivity index (χ2v) is 8.60. The summed E-state index contributed by atoms with van der Waals surface area (Å²) < 4.78 is 29.2. The molecule has 0 fully saturated rings. The highest BCUT2D eigenvalue weighted by atomic mass is 32.2. The summed E-state index contributed by atoms with van der Waals surface area (Å²) in [5.41, 5.74) is 0.649. The third-order valence-corrected chi connectivity index (χ3v) is 6.60. The molecule has 0 aliphatic rings. The average Bonchev–Trinajstić information content (AvgIpc) is 3.22. The minimum absolute atomic E-state index is 0.0788. The molecule has 0 N–H and O–H groups in total. The zero-order chi connectivity index (χ0) is 22.8. The number of thiazole rings is 1. The van der Waals surface area contributed by atoms with Crippen molar-refractivity contribution in [3.05, 3.63) is 75.5 Å². The molecule has 10 heteroatoms. The van der Waals surface area contributed by atoms with Crippen LogP contribution in [0.25, 0.3) is 16.6 Å². The molecule has 2 heterocycles. The highest BCUT2D eigenvalue weighted by Crippen LogP contribution is 2.28. The minimum Gasteiger partial charge on any atom is -0.289 e. The summed E-state index contributed by atoms with van der Waals surface area (Å²) in [5, 5.41) is 3.00. The molecule has 0 aliphatic heterocycles. The average molecular weight is 473 g/mol. The molecule has 1 amide bonds. The molecule has 164 valence electrons. The number of nitrogens with zero attached hydrogens (tertiary/aromatic N) is 4. The largest absolute Gasteiger partial charge is 0.289 e. The third-order valence-electron chi connectivity index (χ3n) is 4.71. The molecule has 2 aromatic heterocycles. The smallest absolute Gasteiger partial charge is 0.266 e. The first-order chi connectivity index (χ1) is 15.4. The molecule has 0 spiro atoms. The van der Waals surface area contributed by atoms with Crippen molar-refractivity contribution in [3.63, 3.8) is 0 Å². The van der Waals surface area contributed by atoms with Crippen LogP contribution in [-0.2, 0) is 10.5 Å². The van der Waals surface area contributed by atoms with Gasteiger partial charge in [-0.1, -0.05) is 23.9 Å². The predicted octanol–water partition coefficient (Wildman–Crippen LogP) is 4.79. The lowest BCUT2D eigenvalue weighted by Crippen LogP contribution is -2.27. The third kappa shape index (κ3) is 4.28. The standard InChI is InChI=1S/C22H18F2N4O2S2/c1-3-27(13(2)29)21-25-15(11-31-21)12-32-22-26-18-7-5-4-6-16(18)20(30)28(22)19-9-8-14(23)10-17(19)24/h4-11H,3,12H2,1-2H3. The molecule has 0 radical (unpaired) electrons. The van der Waals surface area contributed by atoms with Gasteiger partial charge in [-0.05, 0) is 31.2 Å². The van der Waals surface area contributed by atoms with E-state index in [2.05, 4.69) is 9.97 Å². The molecule has 0 bridgehead atoms. The fraction of sp³-hybridized carbons (Fsp3) is 0.182. The summed E-state index contributed by atoms with van der Waals surface area (Å²) in [6, 6.07) is 9.85. The fourth-order valence-electron chi connectivity index (χ4n) is 3.20. The first-order valence-electron chi connectivity index (χ1n) is 9.71. The van der Waals surface area contributed by atoms with E-state index in [1.54, 1.807) is 29.2 Å². The van der Waals surface area contributed by atoms with E-state index in [0.29, 0.717) is 34.0 Å². The normalized spacial score (nSPS) is 11.1. The lowest BCUT2D eigenvalue weighted by molar-refractivity contribution is -0.116. The van der Waals surface area contributed by atoms with Crippen molar-refractivity contribution in [3.8, 4) is 5.69 Å². The van der Waals surface area contributed by atoms with E-state index >= 15 is 0 Å². The van der Waals surface area contributed by atoms with E-state index in [9.17, 15) is 18.4 Å².